The van der Waals surface area contributed by atoms with Gasteiger partial charge < -0.3 is 24.3 Å². The summed E-state index contributed by atoms with van der Waals surface area (Å²) in [5.41, 5.74) is 2.10. The van der Waals surface area contributed by atoms with E-state index in [9.17, 15) is 9.59 Å². The van der Waals surface area contributed by atoms with Crippen LogP contribution < -0.4 is 14.8 Å². The van der Waals surface area contributed by atoms with Gasteiger partial charge in [-0.25, -0.2) is 14.0 Å². The highest BCUT2D eigenvalue weighted by molar-refractivity contribution is 6.35. The molecular weight excluding hydrogens is 672 g/mol. The van der Waals surface area contributed by atoms with Gasteiger partial charge in [0.2, 0.25) is 0 Å². The second-order valence-corrected chi connectivity index (χ2v) is 12.9. The summed E-state index contributed by atoms with van der Waals surface area (Å²) in [6.07, 6.45) is 4.01. The minimum Gasteiger partial charge on any atom is -0.493 e. The zero-order chi connectivity index (χ0) is 34.5. The lowest BCUT2D eigenvalue weighted by Gasteiger charge is -2.44. The van der Waals surface area contributed by atoms with E-state index in [-0.39, 0.29) is 23.7 Å². The lowest BCUT2D eigenvalue weighted by molar-refractivity contribution is -0.160. The van der Waals surface area contributed by atoms with Crippen molar-refractivity contribution >= 4 is 40.8 Å². The molecule has 12 heteroatoms. The molecule has 3 aromatic carbocycles. The lowest BCUT2D eigenvalue weighted by Crippen LogP contribution is -2.52. The molecule has 0 amide bonds. The number of esters is 2. The first kappa shape index (κ1) is 34.5. The Morgan fingerprint density at radius 3 is 2.29 bits per heavy atom. The number of aromatic nitrogens is 1. The third-order valence-corrected chi connectivity index (χ3v) is 9.77. The minimum atomic E-state index is -1.10. The highest BCUT2D eigenvalue weighted by Gasteiger charge is 2.38. The number of fused-ring (bicyclic) bond motifs is 3. The topological polar surface area (TPSA) is 99.2 Å². The second kappa shape index (κ2) is 15.4. The summed E-state index contributed by atoms with van der Waals surface area (Å²) >= 11 is 12.9. The Labute approximate surface area is 294 Å². The van der Waals surface area contributed by atoms with Crippen LogP contribution in [0, 0.1) is 11.7 Å². The summed E-state index contributed by atoms with van der Waals surface area (Å²) in [5, 5.41) is 3.80. The van der Waals surface area contributed by atoms with E-state index in [1.165, 1.54) is 32.7 Å². The molecule has 3 aliphatic rings. The normalized spacial score (nSPS) is 19.4. The minimum absolute atomic E-state index is 0.160. The second-order valence-electron chi connectivity index (χ2n) is 12.1. The van der Waals surface area contributed by atoms with Gasteiger partial charge in [0.1, 0.15) is 18.0 Å². The van der Waals surface area contributed by atoms with E-state index in [0.29, 0.717) is 50.8 Å². The number of hydrogen-bond acceptors (Lipinski definition) is 9. The molecule has 4 heterocycles. The van der Waals surface area contributed by atoms with Crippen molar-refractivity contribution in [3.63, 3.8) is 0 Å². The summed E-state index contributed by atoms with van der Waals surface area (Å²) in [5.74, 6) is -0.422. The molecular formula is C37H36Cl2FN3O6. The van der Waals surface area contributed by atoms with Crippen molar-refractivity contribution in [2.45, 2.75) is 37.5 Å². The Balaban J connectivity index is 1.21. The number of pyridine rings is 1. The number of piperidine rings is 3. The summed E-state index contributed by atoms with van der Waals surface area (Å²) in [6, 6.07) is 16.6. The smallest absolute Gasteiger partial charge is 0.338 e. The van der Waals surface area contributed by atoms with Crippen LogP contribution in [-0.2, 0) is 20.7 Å². The molecule has 256 valence electrons. The molecule has 9 nitrogen and oxygen atoms in total. The van der Waals surface area contributed by atoms with E-state index < -0.39 is 29.9 Å². The van der Waals surface area contributed by atoms with Crippen LogP contribution in [0.25, 0.3) is 0 Å². The van der Waals surface area contributed by atoms with Crippen LogP contribution >= 0.6 is 23.2 Å². The molecule has 3 fully saturated rings. The summed E-state index contributed by atoms with van der Waals surface area (Å²) in [6.45, 7) is 2.69. The average molecular weight is 709 g/mol. The predicted molar refractivity (Wildman–Crippen MR) is 184 cm³/mol. The highest BCUT2D eigenvalue weighted by atomic mass is 35.5. The first-order chi connectivity index (χ1) is 23.7. The zero-order valence-corrected chi connectivity index (χ0v) is 28.5. The monoisotopic (exact) mass is 707 g/mol. The van der Waals surface area contributed by atoms with Crippen LogP contribution in [0.3, 0.4) is 0 Å². The fourth-order valence-electron chi connectivity index (χ4n) is 6.40. The third kappa shape index (κ3) is 7.93. The first-order valence-corrected chi connectivity index (χ1v) is 16.7. The van der Waals surface area contributed by atoms with Crippen molar-refractivity contribution in [2.75, 3.05) is 39.2 Å². The molecule has 1 unspecified atom stereocenters. The molecule has 3 saturated heterocycles. The number of nitrogens with one attached hydrogen (secondary N) is 1. The van der Waals surface area contributed by atoms with Gasteiger partial charge >= 0.3 is 11.9 Å². The van der Waals surface area contributed by atoms with Gasteiger partial charge in [-0.15, -0.1) is 0 Å². The number of ether oxygens (including phenoxy) is 4. The summed E-state index contributed by atoms with van der Waals surface area (Å²) < 4.78 is 37.9. The molecule has 0 radical (unpaired) electrons. The first-order valence-electron chi connectivity index (χ1n) is 16.0. The molecule has 4 aromatic rings. The Bertz CT molecular complexity index is 1780. The summed E-state index contributed by atoms with van der Waals surface area (Å²) in [4.78, 5) is 33.4. The Morgan fingerprint density at radius 2 is 1.65 bits per heavy atom. The van der Waals surface area contributed by atoms with Crippen molar-refractivity contribution in [1.82, 2.24) is 9.88 Å². The predicted octanol–water partition coefficient (Wildman–Crippen LogP) is 7.48. The number of benzene rings is 3. The van der Waals surface area contributed by atoms with Crippen molar-refractivity contribution < 1.29 is 32.9 Å². The molecule has 49 heavy (non-hydrogen) atoms. The SMILES string of the molecule is COc1ccc([C@H](Cc2c(Cl)cncc2Cl)OC(=O)c2ccc(NC(C(=O)O[C@H]3CN4CCC3CC4)c3ccccc3F)cc2)cc1OC. The number of halogens is 3. The van der Waals surface area contributed by atoms with Crippen LogP contribution in [0.5, 0.6) is 11.5 Å². The van der Waals surface area contributed by atoms with E-state index >= 15 is 4.39 Å². The van der Waals surface area contributed by atoms with E-state index in [1.54, 1.807) is 60.7 Å². The molecule has 2 bridgehead atoms. The molecule has 1 aromatic heterocycles. The van der Waals surface area contributed by atoms with Crippen molar-refractivity contribution in [3.05, 3.63) is 117 Å². The van der Waals surface area contributed by atoms with Gasteiger partial charge in [0.05, 0.1) is 29.8 Å². The fraction of sp³-hybridized carbons (Fsp3) is 0.324. The highest BCUT2D eigenvalue weighted by Crippen LogP contribution is 2.36. The van der Waals surface area contributed by atoms with E-state index in [4.69, 9.17) is 42.1 Å². The lowest BCUT2D eigenvalue weighted by atomic mass is 9.86. The van der Waals surface area contributed by atoms with Gasteiger partial charge in [-0.1, -0.05) is 47.5 Å². The number of carbonyl (C=O) groups excluding carboxylic acids is 2. The number of rotatable bonds is 12. The molecule has 1 N–H and O–H groups in total. The largest absolute Gasteiger partial charge is 0.493 e. The maximum atomic E-state index is 15.0. The average Bonchev–Trinajstić information content (AvgIpc) is 3.12. The summed E-state index contributed by atoms with van der Waals surface area (Å²) in [7, 11) is 3.05. The van der Waals surface area contributed by atoms with Gasteiger partial charge in [0, 0.05) is 36.6 Å². The van der Waals surface area contributed by atoms with Crippen molar-refractivity contribution in [1.29, 1.82) is 0 Å². The van der Waals surface area contributed by atoms with Gasteiger partial charge in [0.25, 0.3) is 0 Å². The number of carbonyl (C=O) groups is 2. The number of methoxy groups -OCH3 is 2. The molecule has 3 aliphatic heterocycles. The van der Waals surface area contributed by atoms with Crippen molar-refractivity contribution in [2.24, 2.45) is 5.92 Å². The standard InChI is InChI=1S/C37H36Cl2FN3O6/c1-46-31-12-9-24(17-33(31)47-2)32(18-27-28(38)19-41-20-29(27)39)48-36(44)23-7-10-25(11-8-23)42-35(26-5-3-4-6-30(26)40)37(45)49-34-21-43-15-13-22(34)14-16-43/h3-12,17,19-20,22,32,34-35,42H,13-16,18,21H2,1-2H3/t32-,34-,35?/m0/s1. The van der Waals surface area contributed by atoms with Gasteiger partial charge in [-0.05, 0) is 85.4 Å². The Morgan fingerprint density at radius 1 is 0.959 bits per heavy atom. The van der Waals surface area contributed by atoms with Crippen LogP contribution in [0.15, 0.2) is 79.1 Å². The number of hydrogen-bond donors (Lipinski definition) is 1. The van der Waals surface area contributed by atoms with Crippen LogP contribution in [0.4, 0.5) is 10.1 Å². The van der Waals surface area contributed by atoms with E-state index in [2.05, 4.69) is 15.2 Å². The maximum absolute atomic E-state index is 15.0. The molecule has 0 spiro atoms. The maximum Gasteiger partial charge on any atom is 0.338 e. The van der Waals surface area contributed by atoms with Gasteiger partial charge in [0.15, 0.2) is 17.5 Å². The van der Waals surface area contributed by atoms with Gasteiger partial charge in [-0.2, -0.15) is 0 Å². The fourth-order valence-corrected chi connectivity index (χ4v) is 6.92. The van der Waals surface area contributed by atoms with Crippen LogP contribution in [-0.4, -0.2) is 61.8 Å². The third-order valence-electron chi connectivity index (χ3n) is 9.12. The Kier molecular flexibility index (Phi) is 10.9. The van der Waals surface area contributed by atoms with E-state index in [0.717, 1.165) is 25.9 Å². The van der Waals surface area contributed by atoms with Gasteiger partial charge in [-0.3, -0.25) is 9.88 Å². The van der Waals surface area contributed by atoms with E-state index in [1.807, 2.05) is 0 Å². The molecule has 7 rings (SSSR count). The Hall–Kier alpha value is -4.38. The van der Waals surface area contributed by atoms with Crippen molar-refractivity contribution in [3.8, 4) is 11.5 Å². The number of nitrogens with zero attached hydrogens (tertiary/aromatic N) is 2. The van der Waals surface area contributed by atoms with Crippen LogP contribution in [0.1, 0.15) is 52.0 Å². The molecule has 0 aliphatic carbocycles. The zero-order valence-electron chi connectivity index (χ0n) is 27.0. The quantitative estimate of drug-likeness (QED) is 0.150. The van der Waals surface area contributed by atoms with Crippen LogP contribution in [0.2, 0.25) is 10.0 Å². The molecule has 3 atom stereocenters. The molecule has 0 saturated carbocycles. The number of anilines is 1.